The van der Waals surface area contributed by atoms with Crippen LogP contribution >= 0.6 is 0 Å². The monoisotopic (exact) mass is 438 g/mol. The molecular formula is C26H21BF2N4. The van der Waals surface area contributed by atoms with E-state index in [-0.39, 0.29) is 0 Å². The number of aromatic nitrogens is 2. The van der Waals surface area contributed by atoms with Crippen molar-refractivity contribution in [1.82, 2.24) is 9.46 Å². The van der Waals surface area contributed by atoms with Crippen molar-refractivity contribution in [3.8, 4) is 0 Å². The summed E-state index contributed by atoms with van der Waals surface area (Å²) < 4.78 is 33.4. The molecule has 0 spiro atoms. The number of rotatable bonds is 3. The molecule has 0 atom stereocenters. The minimum absolute atomic E-state index is 0.544. The average molecular weight is 438 g/mol. The summed E-state index contributed by atoms with van der Waals surface area (Å²) in [6.07, 6.45) is 11.1. The van der Waals surface area contributed by atoms with Crippen LogP contribution in [-0.4, -0.2) is 32.8 Å². The standard InChI is InChI=1S/C26H21BF2N4/c1-17-7-13-23-26(24-14-8-18(2)33(24)27(28,29)32(17)23)20-11-9-19(10-12-20)25(21-5-3-15-30-21)22-6-4-16-31-22/h3-16,30H,1-2H3/b25-22+. The van der Waals surface area contributed by atoms with Gasteiger partial charge >= 0.3 is 6.97 Å². The number of H-pyrrole nitrogens is 1. The molecule has 0 fully saturated rings. The zero-order chi connectivity index (χ0) is 22.7. The van der Waals surface area contributed by atoms with Crippen LogP contribution in [-0.2, 0) is 0 Å². The summed E-state index contributed by atoms with van der Waals surface area (Å²) in [5, 5.41) is 0. The highest BCUT2D eigenvalue weighted by atomic mass is 19.2. The van der Waals surface area contributed by atoms with Crippen LogP contribution in [0.2, 0.25) is 0 Å². The van der Waals surface area contributed by atoms with Gasteiger partial charge in [0, 0.05) is 48.4 Å². The molecule has 0 unspecified atom stereocenters. The number of benzene rings is 1. The van der Waals surface area contributed by atoms with E-state index in [1.165, 1.54) is 8.96 Å². The third-order valence-electron chi connectivity index (χ3n) is 6.52. The molecule has 162 valence electrons. The smallest absolute Gasteiger partial charge is 0.393 e. The SMILES string of the molecule is CC1=[N+]2C(=C(c3ccc(/C(=C4/C=CC=N4)c4ccc[nH]4)cc3)c3ccc(C)n3[B-]2(F)F)C=C1. The molecule has 0 saturated heterocycles. The van der Waals surface area contributed by atoms with Gasteiger partial charge in [0.15, 0.2) is 5.70 Å². The maximum absolute atomic E-state index is 15.5. The van der Waals surface area contributed by atoms with Gasteiger partial charge in [-0.25, -0.2) is 0 Å². The number of hydrogen-bond donors (Lipinski definition) is 1. The summed E-state index contributed by atoms with van der Waals surface area (Å²) in [5.74, 6) is 0. The number of aromatic amines is 1. The van der Waals surface area contributed by atoms with Crippen molar-refractivity contribution < 1.29 is 13.1 Å². The third-order valence-corrected chi connectivity index (χ3v) is 6.52. The molecule has 2 aromatic heterocycles. The van der Waals surface area contributed by atoms with Gasteiger partial charge in [0.05, 0.1) is 11.3 Å². The van der Waals surface area contributed by atoms with E-state index in [0.717, 1.165) is 33.7 Å². The summed E-state index contributed by atoms with van der Waals surface area (Å²) >= 11 is 0. The summed E-state index contributed by atoms with van der Waals surface area (Å²) in [6, 6.07) is 15.6. The van der Waals surface area contributed by atoms with Gasteiger partial charge < -0.3 is 22.6 Å². The van der Waals surface area contributed by atoms with Crippen molar-refractivity contribution in [2.75, 3.05) is 0 Å². The Morgan fingerprint density at radius 2 is 1.82 bits per heavy atom. The first-order valence-corrected chi connectivity index (χ1v) is 10.9. The summed E-state index contributed by atoms with van der Waals surface area (Å²) in [5.41, 5.74) is 7.75. The Morgan fingerprint density at radius 1 is 1.00 bits per heavy atom. The van der Waals surface area contributed by atoms with Gasteiger partial charge in [-0.15, -0.1) is 0 Å². The second kappa shape index (κ2) is 7.00. The Kier molecular flexibility index (Phi) is 4.17. The van der Waals surface area contributed by atoms with Crippen LogP contribution in [0.4, 0.5) is 8.63 Å². The molecule has 3 aliphatic rings. The number of nitrogens with zero attached hydrogens (tertiary/aromatic N) is 3. The Hall–Kier alpha value is -4.00. The first-order valence-electron chi connectivity index (χ1n) is 10.9. The van der Waals surface area contributed by atoms with Crippen LogP contribution in [0.15, 0.2) is 95.4 Å². The number of aryl methyl sites for hydroxylation is 1. The normalized spacial score (nSPS) is 19.5. The second-order valence-electron chi connectivity index (χ2n) is 8.48. The molecule has 1 N–H and O–H groups in total. The van der Waals surface area contributed by atoms with E-state index in [1.54, 1.807) is 44.3 Å². The lowest BCUT2D eigenvalue weighted by Gasteiger charge is -2.33. The number of aliphatic imine (C=N–C) groups is 1. The van der Waals surface area contributed by atoms with E-state index in [9.17, 15) is 0 Å². The molecule has 3 aliphatic heterocycles. The van der Waals surface area contributed by atoms with Crippen LogP contribution in [0.5, 0.6) is 0 Å². The molecule has 5 heterocycles. The van der Waals surface area contributed by atoms with E-state index in [1.807, 2.05) is 54.7 Å². The molecule has 3 aromatic rings. The molecule has 7 heteroatoms. The largest absolute Gasteiger partial charge is 0.737 e. The van der Waals surface area contributed by atoms with Gasteiger partial charge in [-0.2, -0.15) is 0 Å². The molecule has 0 aliphatic carbocycles. The zero-order valence-electron chi connectivity index (χ0n) is 18.3. The van der Waals surface area contributed by atoms with Crippen LogP contribution in [0, 0.1) is 6.92 Å². The molecule has 33 heavy (non-hydrogen) atoms. The molecule has 4 nitrogen and oxygen atoms in total. The van der Waals surface area contributed by atoms with Gasteiger partial charge in [0.25, 0.3) is 0 Å². The molecule has 0 saturated carbocycles. The van der Waals surface area contributed by atoms with Crippen molar-refractivity contribution in [2.24, 2.45) is 4.99 Å². The minimum Gasteiger partial charge on any atom is -0.393 e. The zero-order valence-corrected chi connectivity index (χ0v) is 18.3. The first-order chi connectivity index (χ1) is 16.0. The highest BCUT2D eigenvalue weighted by molar-refractivity contribution is 6.58. The summed E-state index contributed by atoms with van der Waals surface area (Å²) in [7, 11) is 0. The van der Waals surface area contributed by atoms with Gasteiger partial charge in [-0.3, -0.25) is 4.99 Å². The fourth-order valence-electron chi connectivity index (χ4n) is 5.05. The van der Waals surface area contributed by atoms with Crippen LogP contribution in [0.25, 0.3) is 11.1 Å². The van der Waals surface area contributed by atoms with Gasteiger partial charge in [-0.05, 0) is 60.2 Å². The number of nitrogens with one attached hydrogen (secondary N) is 1. The fraction of sp³-hybridized carbons (Fsp3) is 0.0769. The van der Waals surface area contributed by atoms with Crippen LogP contribution < -0.4 is 0 Å². The average Bonchev–Trinajstić information content (AvgIpc) is 3.59. The number of fused-ring (bicyclic) bond motifs is 2. The molecule has 0 bridgehead atoms. The topological polar surface area (TPSA) is 36.1 Å². The summed E-state index contributed by atoms with van der Waals surface area (Å²) in [4.78, 5) is 7.76. The lowest BCUT2D eigenvalue weighted by molar-refractivity contribution is -0.362. The fourth-order valence-corrected chi connectivity index (χ4v) is 5.05. The highest BCUT2D eigenvalue weighted by Gasteiger charge is 2.53. The summed E-state index contributed by atoms with van der Waals surface area (Å²) in [6.45, 7) is -0.481. The number of halogens is 2. The van der Waals surface area contributed by atoms with Gasteiger partial charge in [-0.1, -0.05) is 24.3 Å². The number of hydrogen-bond acceptors (Lipinski definition) is 1. The first kappa shape index (κ1) is 19.7. The molecule has 6 rings (SSSR count). The van der Waals surface area contributed by atoms with Crippen molar-refractivity contribution in [3.63, 3.8) is 0 Å². The maximum Gasteiger partial charge on any atom is 0.737 e. The quantitative estimate of drug-likeness (QED) is 0.520. The van der Waals surface area contributed by atoms with Gasteiger partial charge in [0.1, 0.15) is 5.71 Å². The van der Waals surface area contributed by atoms with E-state index in [0.29, 0.717) is 22.8 Å². The maximum atomic E-state index is 15.5. The van der Waals surface area contributed by atoms with E-state index in [4.69, 9.17) is 0 Å². The van der Waals surface area contributed by atoms with Crippen molar-refractivity contribution in [3.05, 3.63) is 119 Å². The molecular weight excluding hydrogens is 417 g/mol. The minimum atomic E-state index is -3.94. The Bertz CT molecular complexity index is 1460. The molecule has 1 aromatic carbocycles. The Morgan fingerprint density at radius 3 is 2.52 bits per heavy atom. The van der Waals surface area contributed by atoms with E-state index in [2.05, 4.69) is 9.98 Å². The Labute approximate surface area is 190 Å². The van der Waals surface area contributed by atoms with Crippen molar-refractivity contribution in [1.29, 1.82) is 0 Å². The van der Waals surface area contributed by atoms with Gasteiger partial charge in [0.2, 0.25) is 0 Å². The van der Waals surface area contributed by atoms with E-state index < -0.39 is 6.97 Å². The molecule has 0 radical (unpaired) electrons. The van der Waals surface area contributed by atoms with Crippen molar-refractivity contribution in [2.45, 2.75) is 13.8 Å². The third kappa shape index (κ3) is 2.82. The number of allylic oxidation sites excluding steroid dienone is 4. The van der Waals surface area contributed by atoms with Crippen LogP contribution in [0.1, 0.15) is 35.1 Å². The predicted molar refractivity (Wildman–Crippen MR) is 130 cm³/mol. The Balaban J connectivity index is 1.52. The lowest BCUT2D eigenvalue weighted by Crippen LogP contribution is -2.51. The highest BCUT2D eigenvalue weighted by Crippen LogP contribution is 2.40. The predicted octanol–water partition coefficient (Wildman–Crippen LogP) is 5.56. The second-order valence-corrected chi connectivity index (χ2v) is 8.48. The van der Waals surface area contributed by atoms with Crippen LogP contribution in [0.3, 0.4) is 0 Å². The van der Waals surface area contributed by atoms with E-state index >= 15 is 8.63 Å². The molecule has 0 amide bonds. The van der Waals surface area contributed by atoms with Crippen molar-refractivity contribution >= 4 is 30.0 Å². The lowest BCUT2D eigenvalue weighted by atomic mass is 9.85.